The summed E-state index contributed by atoms with van der Waals surface area (Å²) >= 11 is 0. The van der Waals surface area contributed by atoms with Gasteiger partial charge in [0.1, 0.15) is 23.3 Å². The van der Waals surface area contributed by atoms with Crippen molar-refractivity contribution in [1.82, 2.24) is 14.7 Å². The van der Waals surface area contributed by atoms with Crippen molar-refractivity contribution in [1.29, 1.82) is 0 Å². The normalized spacial score (nSPS) is 16.6. The van der Waals surface area contributed by atoms with Gasteiger partial charge in [0.25, 0.3) is 0 Å². The number of aliphatic hydroxyl groups is 1. The largest absolute Gasteiger partial charge is 0.573 e. The van der Waals surface area contributed by atoms with E-state index in [4.69, 9.17) is 14.6 Å². The van der Waals surface area contributed by atoms with Gasteiger partial charge in [-0.1, -0.05) is 12.1 Å². The molecule has 34 heavy (non-hydrogen) atoms. The summed E-state index contributed by atoms with van der Waals surface area (Å²) in [4.78, 5) is 2.19. The molecule has 1 aliphatic rings. The van der Waals surface area contributed by atoms with Crippen LogP contribution in [0.5, 0.6) is 11.5 Å². The van der Waals surface area contributed by atoms with Crippen molar-refractivity contribution < 1.29 is 32.5 Å². The lowest BCUT2D eigenvalue weighted by Gasteiger charge is -2.43. The van der Waals surface area contributed by atoms with Gasteiger partial charge in [0.2, 0.25) is 0 Å². The van der Waals surface area contributed by atoms with Crippen LogP contribution in [0.15, 0.2) is 42.5 Å². The lowest BCUT2D eigenvalue weighted by atomic mass is 9.90. The number of rotatable bonds is 7. The number of halogens is 3. The van der Waals surface area contributed by atoms with Crippen molar-refractivity contribution in [3.63, 3.8) is 0 Å². The molecule has 0 radical (unpaired) electrons. The first kappa shape index (κ1) is 24.3. The first-order valence-corrected chi connectivity index (χ1v) is 11.0. The van der Waals surface area contributed by atoms with Gasteiger partial charge in [-0.3, -0.25) is 9.58 Å². The van der Waals surface area contributed by atoms with Crippen molar-refractivity contribution in [3.05, 3.63) is 53.7 Å². The smallest absolute Gasteiger partial charge is 0.497 e. The topological polar surface area (TPSA) is 69.0 Å². The zero-order valence-electron chi connectivity index (χ0n) is 19.3. The first-order valence-electron chi connectivity index (χ1n) is 11.0. The van der Waals surface area contributed by atoms with Crippen molar-refractivity contribution in [3.8, 4) is 11.5 Å². The number of alkyl halides is 3. The molecule has 0 bridgehead atoms. The Morgan fingerprint density at radius 1 is 1.06 bits per heavy atom. The summed E-state index contributed by atoms with van der Waals surface area (Å²) in [7, 11) is 1.57. The molecule has 1 unspecified atom stereocenters. The molecule has 0 amide bonds. The Morgan fingerprint density at radius 3 is 2.32 bits per heavy atom. The Balaban J connectivity index is 1.67. The number of fused-ring (bicyclic) bond motifs is 1. The van der Waals surface area contributed by atoms with Crippen LogP contribution in [0.2, 0.25) is 0 Å². The van der Waals surface area contributed by atoms with E-state index in [1.54, 1.807) is 23.9 Å². The van der Waals surface area contributed by atoms with E-state index in [1.165, 1.54) is 12.1 Å². The molecule has 7 nitrogen and oxygen atoms in total. The van der Waals surface area contributed by atoms with E-state index in [2.05, 4.69) is 9.64 Å². The van der Waals surface area contributed by atoms with Crippen LogP contribution in [-0.2, 0) is 11.3 Å². The van der Waals surface area contributed by atoms with Crippen LogP contribution in [-0.4, -0.2) is 65.1 Å². The van der Waals surface area contributed by atoms with Gasteiger partial charge in [-0.2, -0.15) is 5.10 Å². The molecule has 2 aromatic carbocycles. The Kier molecular flexibility index (Phi) is 6.75. The van der Waals surface area contributed by atoms with Gasteiger partial charge in [-0.05, 0) is 49.7 Å². The molecule has 1 N–H and O–H groups in total. The maximum absolute atomic E-state index is 12.5. The van der Waals surface area contributed by atoms with E-state index in [0.717, 1.165) is 16.5 Å². The van der Waals surface area contributed by atoms with Gasteiger partial charge in [0.15, 0.2) is 0 Å². The van der Waals surface area contributed by atoms with E-state index >= 15 is 0 Å². The molecule has 0 aliphatic carbocycles. The third-order valence-electron chi connectivity index (χ3n) is 6.23. The quantitative estimate of drug-likeness (QED) is 0.550. The molecule has 1 aliphatic heterocycles. The summed E-state index contributed by atoms with van der Waals surface area (Å²) in [6.45, 7) is 6.89. The predicted octanol–water partition coefficient (Wildman–Crippen LogP) is 4.14. The Morgan fingerprint density at radius 2 is 1.71 bits per heavy atom. The highest BCUT2D eigenvalue weighted by atomic mass is 19.4. The molecule has 0 saturated carbocycles. The monoisotopic (exact) mass is 479 g/mol. The number of morpholine rings is 1. The second-order valence-electron chi connectivity index (χ2n) is 8.77. The number of hydrogen-bond donors (Lipinski definition) is 1. The van der Waals surface area contributed by atoms with E-state index in [-0.39, 0.29) is 5.75 Å². The van der Waals surface area contributed by atoms with Crippen molar-refractivity contribution in [2.45, 2.75) is 38.4 Å². The van der Waals surface area contributed by atoms with Crippen LogP contribution >= 0.6 is 0 Å². The zero-order valence-corrected chi connectivity index (χ0v) is 19.3. The highest BCUT2D eigenvalue weighted by Gasteiger charge is 2.38. The maximum atomic E-state index is 12.5. The third kappa shape index (κ3) is 5.13. The highest BCUT2D eigenvalue weighted by Crippen LogP contribution is 2.36. The van der Waals surface area contributed by atoms with Gasteiger partial charge in [-0.15, -0.1) is 13.2 Å². The Hall–Kier alpha value is -2.82. The molecule has 0 spiro atoms. The summed E-state index contributed by atoms with van der Waals surface area (Å²) in [6, 6.07) is 11.2. The molecule has 1 aromatic heterocycles. The van der Waals surface area contributed by atoms with E-state index < -0.39 is 18.0 Å². The maximum Gasteiger partial charge on any atom is 0.573 e. The van der Waals surface area contributed by atoms with Gasteiger partial charge in [0, 0.05) is 24.0 Å². The minimum atomic E-state index is -4.74. The van der Waals surface area contributed by atoms with E-state index in [0.29, 0.717) is 44.3 Å². The fourth-order valence-electron chi connectivity index (χ4n) is 4.25. The van der Waals surface area contributed by atoms with Gasteiger partial charge < -0.3 is 19.3 Å². The summed E-state index contributed by atoms with van der Waals surface area (Å²) in [5.74, 6) is 0.355. The summed E-state index contributed by atoms with van der Waals surface area (Å²) < 4.78 is 53.9. The Bertz CT molecular complexity index is 1120. The van der Waals surface area contributed by atoms with Gasteiger partial charge >= 0.3 is 6.36 Å². The molecule has 184 valence electrons. The van der Waals surface area contributed by atoms with Crippen molar-refractivity contribution in [2.75, 3.05) is 33.4 Å². The van der Waals surface area contributed by atoms with Crippen LogP contribution in [0, 0.1) is 0 Å². The van der Waals surface area contributed by atoms with Crippen LogP contribution < -0.4 is 9.47 Å². The lowest BCUT2D eigenvalue weighted by molar-refractivity contribution is -0.274. The number of aromatic nitrogens is 2. The molecule has 3 aromatic rings. The van der Waals surface area contributed by atoms with E-state index in [1.807, 2.05) is 32.0 Å². The van der Waals surface area contributed by atoms with E-state index in [9.17, 15) is 18.3 Å². The van der Waals surface area contributed by atoms with Crippen LogP contribution in [0.1, 0.15) is 31.2 Å². The molecule has 10 heteroatoms. The van der Waals surface area contributed by atoms with Gasteiger partial charge in [0.05, 0.1) is 32.4 Å². The zero-order chi connectivity index (χ0) is 24.5. The van der Waals surface area contributed by atoms with Crippen LogP contribution in [0.4, 0.5) is 13.2 Å². The Labute approximate surface area is 195 Å². The number of nitrogens with zero attached hydrogens (tertiary/aromatic N) is 3. The highest BCUT2D eigenvalue weighted by molar-refractivity contribution is 5.84. The van der Waals surface area contributed by atoms with Crippen molar-refractivity contribution >= 4 is 10.9 Å². The fourth-order valence-corrected chi connectivity index (χ4v) is 4.25. The predicted molar refractivity (Wildman–Crippen MR) is 120 cm³/mol. The van der Waals surface area contributed by atoms with Crippen LogP contribution in [0.25, 0.3) is 10.9 Å². The minimum absolute atomic E-state index is 0.283. The third-order valence-corrected chi connectivity index (χ3v) is 6.23. The molecular formula is C24H28F3N3O4. The SMILES string of the molecule is COc1ccc2c(c1)c(C(O)C(C)(C)N1CCOCC1)nn2Cc1ccc(OC(F)(F)F)cc1. The standard InChI is InChI=1S/C24H28F3N3O4/c1-23(2,29-10-12-33-13-11-29)22(31)21-19-14-18(32-3)8-9-20(19)30(28-21)15-16-4-6-17(7-5-16)34-24(25,26)27/h4-9,14,22,31H,10-13,15H2,1-3H3. The minimum Gasteiger partial charge on any atom is -0.497 e. The first-order chi connectivity index (χ1) is 16.1. The summed E-state index contributed by atoms with van der Waals surface area (Å²) in [5, 5.41) is 17.0. The molecule has 4 rings (SSSR count). The number of methoxy groups -OCH3 is 1. The molecule has 1 saturated heterocycles. The molecule has 1 fully saturated rings. The number of ether oxygens (including phenoxy) is 3. The summed E-state index contributed by atoms with van der Waals surface area (Å²) in [5.41, 5.74) is 1.43. The number of hydrogen-bond acceptors (Lipinski definition) is 6. The lowest BCUT2D eigenvalue weighted by Crippen LogP contribution is -2.53. The number of aliphatic hydroxyl groups excluding tert-OH is 1. The van der Waals surface area contributed by atoms with Crippen molar-refractivity contribution in [2.24, 2.45) is 0 Å². The molecule has 1 atom stereocenters. The average molecular weight is 479 g/mol. The number of benzene rings is 2. The van der Waals surface area contributed by atoms with Gasteiger partial charge in [-0.25, -0.2) is 0 Å². The average Bonchev–Trinajstić information content (AvgIpc) is 3.16. The van der Waals surface area contributed by atoms with Crippen LogP contribution in [0.3, 0.4) is 0 Å². The second kappa shape index (κ2) is 9.44. The second-order valence-corrected chi connectivity index (χ2v) is 8.77. The molecular weight excluding hydrogens is 451 g/mol. The molecule has 2 heterocycles. The fraction of sp³-hybridized carbons (Fsp3) is 0.458. The summed E-state index contributed by atoms with van der Waals surface area (Å²) in [6.07, 6.45) is -5.64.